The molecule has 80 valence electrons. The van der Waals surface area contributed by atoms with E-state index in [-0.39, 0.29) is 5.69 Å². The average molecular weight is 235 g/mol. The second-order valence-corrected chi connectivity index (χ2v) is 3.48. The Hall–Kier alpha value is -1.94. The van der Waals surface area contributed by atoms with Crippen molar-refractivity contribution in [2.45, 2.75) is 0 Å². The van der Waals surface area contributed by atoms with Crippen LogP contribution in [0.5, 0.6) is 0 Å². The topological polar surface area (TPSA) is 63.1 Å². The van der Waals surface area contributed by atoms with Crippen LogP contribution in [0.3, 0.4) is 0 Å². The van der Waals surface area contributed by atoms with Crippen LogP contribution in [0.4, 0.5) is 0 Å². The fourth-order valence-electron chi connectivity index (χ4n) is 1.38. The van der Waals surface area contributed by atoms with Crippen LogP contribution in [-0.2, 0) is 0 Å². The molecule has 0 saturated heterocycles. The zero-order valence-corrected chi connectivity index (χ0v) is 8.85. The van der Waals surface area contributed by atoms with Gasteiger partial charge in [0.05, 0.1) is 0 Å². The van der Waals surface area contributed by atoms with E-state index >= 15 is 0 Å². The van der Waals surface area contributed by atoms with E-state index in [9.17, 15) is 4.79 Å². The summed E-state index contributed by atoms with van der Waals surface area (Å²) in [6, 6.07) is 6.97. The number of aromatic carboxylic acids is 1. The molecule has 0 fully saturated rings. The third-order valence-electron chi connectivity index (χ3n) is 2.08. The van der Waals surface area contributed by atoms with Gasteiger partial charge in [-0.05, 0) is 6.07 Å². The van der Waals surface area contributed by atoms with Gasteiger partial charge in [0.25, 0.3) is 0 Å². The Morgan fingerprint density at radius 2 is 2.00 bits per heavy atom. The predicted molar refractivity (Wildman–Crippen MR) is 59.4 cm³/mol. The minimum Gasteiger partial charge on any atom is -0.476 e. The lowest BCUT2D eigenvalue weighted by Gasteiger charge is -2.05. The lowest BCUT2D eigenvalue weighted by Crippen LogP contribution is -2.03. The fourth-order valence-corrected chi connectivity index (χ4v) is 1.61. The van der Waals surface area contributed by atoms with Crippen molar-refractivity contribution >= 4 is 17.6 Å². The highest BCUT2D eigenvalue weighted by Crippen LogP contribution is 2.28. The van der Waals surface area contributed by atoms with E-state index < -0.39 is 5.97 Å². The third-order valence-corrected chi connectivity index (χ3v) is 2.41. The van der Waals surface area contributed by atoms with Gasteiger partial charge in [-0.3, -0.25) is 0 Å². The molecule has 0 amide bonds. The van der Waals surface area contributed by atoms with Crippen LogP contribution in [0.2, 0.25) is 5.02 Å². The van der Waals surface area contributed by atoms with Gasteiger partial charge in [0.1, 0.15) is 6.33 Å². The SMILES string of the molecule is O=C(O)c1ncncc1-c1ccccc1Cl. The van der Waals surface area contributed by atoms with E-state index in [1.165, 1.54) is 12.5 Å². The second-order valence-electron chi connectivity index (χ2n) is 3.07. The lowest BCUT2D eigenvalue weighted by atomic mass is 10.1. The maximum atomic E-state index is 11.0. The molecule has 2 aromatic rings. The molecular weight excluding hydrogens is 228 g/mol. The van der Waals surface area contributed by atoms with Crippen molar-refractivity contribution < 1.29 is 9.90 Å². The monoisotopic (exact) mass is 234 g/mol. The number of hydrogen-bond acceptors (Lipinski definition) is 3. The van der Waals surface area contributed by atoms with E-state index in [0.29, 0.717) is 16.1 Å². The number of hydrogen-bond donors (Lipinski definition) is 1. The number of carboxylic acids is 1. The number of aromatic nitrogens is 2. The molecule has 1 N–H and O–H groups in total. The molecule has 4 nitrogen and oxygen atoms in total. The summed E-state index contributed by atoms with van der Waals surface area (Å²) in [5, 5.41) is 9.46. The standard InChI is InChI=1S/C11H7ClN2O2/c12-9-4-2-1-3-7(9)8-5-13-6-14-10(8)11(15)16/h1-6H,(H,15,16). The summed E-state index contributed by atoms with van der Waals surface area (Å²) in [6.45, 7) is 0. The zero-order valence-electron chi connectivity index (χ0n) is 8.09. The van der Waals surface area contributed by atoms with Crippen LogP contribution in [-0.4, -0.2) is 21.0 Å². The van der Waals surface area contributed by atoms with Crippen molar-refractivity contribution in [3.8, 4) is 11.1 Å². The van der Waals surface area contributed by atoms with Crippen molar-refractivity contribution in [1.29, 1.82) is 0 Å². The Morgan fingerprint density at radius 3 is 2.69 bits per heavy atom. The normalized spacial score (nSPS) is 10.1. The molecule has 0 bridgehead atoms. The molecule has 0 unspecified atom stereocenters. The summed E-state index contributed by atoms with van der Waals surface area (Å²) >= 11 is 5.99. The summed E-state index contributed by atoms with van der Waals surface area (Å²) < 4.78 is 0. The van der Waals surface area contributed by atoms with Gasteiger partial charge in [0.15, 0.2) is 5.69 Å². The van der Waals surface area contributed by atoms with Crippen molar-refractivity contribution in [2.75, 3.05) is 0 Å². The maximum Gasteiger partial charge on any atom is 0.355 e. The number of carbonyl (C=O) groups is 1. The van der Waals surface area contributed by atoms with Gasteiger partial charge < -0.3 is 5.11 Å². The number of carboxylic acid groups (broad SMARTS) is 1. The van der Waals surface area contributed by atoms with Crippen molar-refractivity contribution in [3.63, 3.8) is 0 Å². The number of rotatable bonds is 2. The Labute approximate surface area is 96.6 Å². The molecule has 2 rings (SSSR count). The Balaban J connectivity index is 2.65. The summed E-state index contributed by atoms with van der Waals surface area (Å²) in [6.07, 6.45) is 2.64. The molecule has 0 radical (unpaired) electrons. The van der Waals surface area contributed by atoms with Crippen LogP contribution < -0.4 is 0 Å². The third kappa shape index (κ3) is 1.87. The van der Waals surface area contributed by atoms with E-state index in [2.05, 4.69) is 9.97 Å². The largest absolute Gasteiger partial charge is 0.476 e. The summed E-state index contributed by atoms with van der Waals surface area (Å²) in [4.78, 5) is 18.5. The van der Waals surface area contributed by atoms with Crippen LogP contribution in [0.25, 0.3) is 11.1 Å². The van der Waals surface area contributed by atoms with Gasteiger partial charge in [0.2, 0.25) is 0 Å². The predicted octanol–water partition coefficient (Wildman–Crippen LogP) is 2.50. The summed E-state index contributed by atoms with van der Waals surface area (Å²) in [7, 11) is 0. The summed E-state index contributed by atoms with van der Waals surface area (Å²) in [5.74, 6) is -1.10. The highest BCUT2D eigenvalue weighted by Gasteiger charge is 2.14. The van der Waals surface area contributed by atoms with Gasteiger partial charge in [-0.1, -0.05) is 29.8 Å². The molecule has 0 aliphatic rings. The van der Waals surface area contributed by atoms with Crippen molar-refractivity contribution in [2.24, 2.45) is 0 Å². The van der Waals surface area contributed by atoms with Crippen LogP contribution in [0.15, 0.2) is 36.8 Å². The number of nitrogens with zero attached hydrogens (tertiary/aromatic N) is 2. The van der Waals surface area contributed by atoms with Gasteiger partial charge in [0, 0.05) is 22.3 Å². The van der Waals surface area contributed by atoms with Gasteiger partial charge in [-0.25, -0.2) is 14.8 Å². The Kier molecular flexibility index (Phi) is 2.83. The molecule has 0 aliphatic heterocycles. The molecular formula is C11H7ClN2O2. The van der Waals surface area contributed by atoms with Crippen LogP contribution >= 0.6 is 11.6 Å². The molecule has 16 heavy (non-hydrogen) atoms. The van der Waals surface area contributed by atoms with Crippen LogP contribution in [0, 0.1) is 0 Å². The maximum absolute atomic E-state index is 11.0. The minimum atomic E-state index is -1.10. The van der Waals surface area contributed by atoms with E-state index in [1.54, 1.807) is 24.3 Å². The first kappa shape index (κ1) is 10.6. The first-order valence-corrected chi connectivity index (χ1v) is 4.86. The molecule has 0 spiro atoms. The molecule has 0 aliphatic carbocycles. The van der Waals surface area contributed by atoms with Gasteiger partial charge in [-0.15, -0.1) is 0 Å². The highest BCUT2D eigenvalue weighted by molar-refractivity contribution is 6.33. The van der Waals surface area contributed by atoms with Gasteiger partial charge in [-0.2, -0.15) is 0 Å². The summed E-state index contributed by atoms with van der Waals surface area (Å²) in [5.41, 5.74) is 0.978. The molecule has 0 saturated carbocycles. The van der Waals surface area contributed by atoms with Crippen molar-refractivity contribution in [1.82, 2.24) is 9.97 Å². The quantitative estimate of drug-likeness (QED) is 0.867. The first-order chi connectivity index (χ1) is 7.70. The Bertz CT molecular complexity index is 543. The van der Waals surface area contributed by atoms with E-state index in [1.807, 2.05) is 0 Å². The smallest absolute Gasteiger partial charge is 0.355 e. The average Bonchev–Trinajstić information content (AvgIpc) is 2.29. The zero-order chi connectivity index (χ0) is 11.5. The number of halogens is 1. The lowest BCUT2D eigenvalue weighted by molar-refractivity contribution is 0.0691. The van der Waals surface area contributed by atoms with Crippen LogP contribution in [0.1, 0.15) is 10.5 Å². The van der Waals surface area contributed by atoms with E-state index in [4.69, 9.17) is 16.7 Å². The molecule has 1 aromatic carbocycles. The molecule has 1 aromatic heterocycles. The van der Waals surface area contributed by atoms with Crippen molar-refractivity contribution in [3.05, 3.63) is 47.5 Å². The minimum absolute atomic E-state index is 0.0527. The van der Waals surface area contributed by atoms with E-state index in [0.717, 1.165) is 0 Å². The number of benzene rings is 1. The Morgan fingerprint density at radius 1 is 1.25 bits per heavy atom. The van der Waals surface area contributed by atoms with Gasteiger partial charge >= 0.3 is 5.97 Å². The highest BCUT2D eigenvalue weighted by atomic mass is 35.5. The molecule has 5 heteroatoms. The molecule has 1 heterocycles. The second kappa shape index (κ2) is 4.28. The molecule has 0 atom stereocenters. The first-order valence-electron chi connectivity index (χ1n) is 4.48. The fraction of sp³-hybridized carbons (Fsp3) is 0.